The van der Waals surface area contributed by atoms with Gasteiger partial charge in [-0.05, 0) is 36.0 Å². The minimum absolute atomic E-state index is 0.0834. The molecule has 0 spiro atoms. The number of rotatable bonds is 3. The van der Waals surface area contributed by atoms with Crippen molar-refractivity contribution in [2.75, 3.05) is 0 Å². The zero-order valence-electron chi connectivity index (χ0n) is 11.0. The third-order valence-electron chi connectivity index (χ3n) is 3.72. The van der Waals surface area contributed by atoms with Crippen LogP contribution < -0.4 is 11.5 Å². The molecule has 19 heavy (non-hydrogen) atoms. The summed E-state index contributed by atoms with van der Waals surface area (Å²) >= 11 is 0. The van der Waals surface area contributed by atoms with E-state index in [1.807, 2.05) is 19.1 Å². The summed E-state index contributed by atoms with van der Waals surface area (Å²) in [4.78, 5) is 10.7. The van der Waals surface area contributed by atoms with Crippen molar-refractivity contribution in [1.29, 1.82) is 5.41 Å². The van der Waals surface area contributed by atoms with Gasteiger partial charge in [-0.2, -0.15) is 0 Å². The summed E-state index contributed by atoms with van der Waals surface area (Å²) in [6, 6.07) is 5.52. The average molecular weight is 261 g/mol. The Balaban J connectivity index is 2.20. The highest BCUT2D eigenvalue weighted by atomic mass is 16.6. The molecule has 1 aliphatic rings. The Bertz CT molecular complexity index is 513. The topological polar surface area (TPSA) is 102 Å². The maximum atomic E-state index is 10.7. The van der Waals surface area contributed by atoms with Gasteiger partial charge in [-0.3, -0.25) is 5.41 Å². The number of carbonyl (C=O) groups is 1. The number of aryl methyl sites for hydroxylation is 1. The Labute approximate surface area is 112 Å². The van der Waals surface area contributed by atoms with Gasteiger partial charge in [0, 0.05) is 5.92 Å². The van der Waals surface area contributed by atoms with Crippen LogP contribution in [0.5, 0.6) is 0 Å². The molecule has 0 aliphatic heterocycles. The fraction of sp³-hybridized carbons (Fsp3) is 0.429. The molecule has 0 saturated heterocycles. The number of carbonyl (C=O) groups excluding carboxylic acids is 1. The van der Waals surface area contributed by atoms with Crippen LogP contribution in [0.25, 0.3) is 0 Å². The predicted octanol–water partition coefficient (Wildman–Crippen LogP) is 1.68. The summed E-state index contributed by atoms with van der Waals surface area (Å²) < 4.78 is 4.57. The first-order valence-corrected chi connectivity index (χ1v) is 6.42. The standard InChI is InChI=1S/C14H19N3O2/c1-8(12(15)13(16)19-14(17)18)10-6-2-4-9-5-3-7-11(9)10/h2,4,6,8,12,16H,3,5,7,15H2,1H3,(H2,17,18)/t8-,12+/m1/s1. The molecule has 0 fully saturated rings. The van der Waals surface area contributed by atoms with Crippen molar-refractivity contribution in [2.45, 2.75) is 38.1 Å². The Morgan fingerprint density at radius 2 is 2.16 bits per heavy atom. The van der Waals surface area contributed by atoms with Gasteiger partial charge in [0.2, 0.25) is 5.90 Å². The molecular formula is C14H19N3O2. The number of nitrogens with two attached hydrogens (primary N) is 2. The van der Waals surface area contributed by atoms with E-state index in [-0.39, 0.29) is 11.8 Å². The van der Waals surface area contributed by atoms with Crippen LogP contribution in [-0.4, -0.2) is 18.0 Å². The van der Waals surface area contributed by atoms with Gasteiger partial charge in [0.25, 0.3) is 0 Å². The molecule has 0 heterocycles. The Kier molecular flexibility index (Phi) is 3.85. The maximum absolute atomic E-state index is 10.7. The van der Waals surface area contributed by atoms with E-state index in [0.717, 1.165) is 24.8 Å². The smallest absolute Gasteiger partial charge is 0.394 e. The van der Waals surface area contributed by atoms with Crippen molar-refractivity contribution < 1.29 is 9.53 Å². The van der Waals surface area contributed by atoms with E-state index in [4.69, 9.17) is 16.9 Å². The molecule has 5 heteroatoms. The van der Waals surface area contributed by atoms with E-state index in [9.17, 15) is 4.79 Å². The molecule has 0 unspecified atom stereocenters. The van der Waals surface area contributed by atoms with Crippen LogP contribution in [0.3, 0.4) is 0 Å². The maximum Gasteiger partial charge on any atom is 0.411 e. The second kappa shape index (κ2) is 5.40. The van der Waals surface area contributed by atoms with Gasteiger partial charge in [-0.15, -0.1) is 0 Å². The summed E-state index contributed by atoms with van der Waals surface area (Å²) in [6.07, 6.45) is 2.31. The summed E-state index contributed by atoms with van der Waals surface area (Å²) in [6.45, 7) is 1.94. The highest BCUT2D eigenvalue weighted by Crippen LogP contribution is 2.31. The summed E-state index contributed by atoms with van der Waals surface area (Å²) in [7, 11) is 0. The van der Waals surface area contributed by atoms with E-state index >= 15 is 0 Å². The van der Waals surface area contributed by atoms with Crippen LogP contribution in [0.15, 0.2) is 18.2 Å². The van der Waals surface area contributed by atoms with E-state index in [0.29, 0.717) is 0 Å². The van der Waals surface area contributed by atoms with Crippen LogP contribution >= 0.6 is 0 Å². The van der Waals surface area contributed by atoms with Crippen LogP contribution in [-0.2, 0) is 17.6 Å². The van der Waals surface area contributed by atoms with E-state index in [1.165, 1.54) is 11.1 Å². The van der Waals surface area contributed by atoms with Crippen molar-refractivity contribution >= 4 is 12.0 Å². The molecular weight excluding hydrogens is 242 g/mol. The van der Waals surface area contributed by atoms with Crippen molar-refractivity contribution in [1.82, 2.24) is 0 Å². The van der Waals surface area contributed by atoms with Gasteiger partial charge in [0.05, 0.1) is 6.04 Å². The number of benzene rings is 1. The summed E-state index contributed by atoms with van der Waals surface area (Å²) in [5, 5.41) is 7.65. The molecule has 5 nitrogen and oxygen atoms in total. The molecule has 2 rings (SSSR count). The van der Waals surface area contributed by atoms with Gasteiger partial charge < -0.3 is 16.2 Å². The van der Waals surface area contributed by atoms with Crippen LogP contribution in [0.1, 0.15) is 36.0 Å². The van der Waals surface area contributed by atoms with Crippen molar-refractivity contribution in [3.8, 4) is 0 Å². The zero-order valence-corrected chi connectivity index (χ0v) is 11.0. The number of primary amides is 1. The largest absolute Gasteiger partial charge is 0.411 e. The van der Waals surface area contributed by atoms with Crippen LogP contribution in [0.2, 0.25) is 0 Å². The second-order valence-corrected chi connectivity index (χ2v) is 4.94. The monoisotopic (exact) mass is 261 g/mol. The normalized spacial score (nSPS) is 16.5. The molecule has 0 saturated carbocycles. The third kappa shape index (κ3) is 2.76. The highest BCUT2D eigenvalue weighted by Gasteiger charge is 2.26. The van der Waals surface area contributed by atoms with Crippen molar-refractivity contribution in [2.24, 2.45) is 11.5 Å². The molecule has 1 aromatic carbocycles. The second-order valence-electron chi connectivity index (χ2n) is 4.94. The van der Waals surface area contributed by atoms with Crippen molar-refractivity contribution in [3.63, 3.8) is 0 Å². The molecule has 102 valence electrons. The lowest BCUT2D eigenvalue weighted by Crippen LogP contribution is -2.39. The molecule has 1 aliphatic carbocycles. The third-order valence-corrected chi connectivity index (χ3v) is 3.72. The van der Waals surface area contributed by atoms with Gasteiger partial charge in [0.1, 0.15) is 0 Å². The molecule has 0 aromatic heterocycles. The molecule has 0 bridgehead atoms. The van der Waals surface area contributed by atoms with Crippen molar-refractivity contribution in [3.05, 3.63) is 34.9 Å². The molecule has 1 aromatic rings. The minimum atomic E-state index is -0.994. The molecule has 1 amide bonds. The lowest BCUT2D eigenvalue weighted by molar-refractivity contribution is 0.204. The number of hydrogen-bond donors (Lipinski definition) is 3. The first kappa shape index (κ1) is 13.5. The number of amides is 1. The summed E-state index contributed by atoms with van der Waals surface area (Å²) in [5.41, 5.74) is 14.7. The van der Waals surface area contributed by atoms with Gasteiger partial charge >= 0.3 is 6.09 Å². The van der Waals surface area contributed by atoms with E-state index < -0.39 is 12.1 Å². The minimum Gasteiger partial charge on any atom is -0.394 e. The predicted molar refractivity (Wildman–Crippen MR) is 73.3 cm³/mol. The quantitative estimate of drug-likeness (QED) is 0.569. The molecule has 0 radical (unpaired) electrons. The number of hydrogen-bond acceptors (Lipinski definition) is 4. The highest BCUT2D eigenvalue weighted by molar-refractivity contribution is 5.89. The van der Waals surface area contributed by atoms with Crippen LogP contribution in [0.4, 0.5) is 4.79 Å². The van der Waals surface area contributed by atoms with Crippen LogP contribution in [0, 0.1) is 5.41 Å². The fourth-order valence-corrected chi connectivity index (χ4v) is 2.67. The van der Waals surface area contributed by atoms with Gasteiger partial charge in [0.15, 0.2) is 0 Å². The lowest BCUT2D eigenvalue weighted by atomic mass is 9.88. The number of ether oxygens (including phenoxy) is 1. The first-order valence-electron chi connectivity index (χ1n) is 6.42. The number of nitrogens with one attached hydrogen (secondary N) is 1. The van der Waals surface area contributed by atoms with Gasteiger partial charge in [-0.25, -0.2) is 4.79 Å². The Morgan fingerprint density at radius 1 is 1.42 bits per heavy atom. The van der Waals surface area contributed by atoms with E-state index in [2.05, 4.69) is 10.8 Å². The average Bonchev–Trinajstić information content (AvgIpc) is 2.84. The Morgan fingerprint density at radius 3 is 2.84 bits per heavy atom. The first-order chi connectivity index (χ1) is 9.00. The fourth-order valence-electron chi connectivity index (χ4n) is 2.67. The summed E-state index contributed by atoms with van der Waals surface area (Å²) in [5.74, 6) is -0.365. The van der Waals surface area contributed by atoms with E-state index in [1.54, 1.807) is 0 Å². The molecule has 2 atom stereocenters. The number of fused-ring (bicyclic) bond motifs is 1. The zero-order chi connectivity index (χ0) is 14.0. The molecule has 5 N–H and O–H groups in total. The van der Waals surface area contributed by atoms with Gasteiger partial charge in [-0.1, -0.05) is 25.1 Å². The lowest BCUT2D eigenvalue weighted by Gasteiger charge is -2.22. The Hall–Kier alpha value is -1.88. The SMILES string of the molecule is C[C@H](c1cccc2c1CCC2)[C@H](N)C(=N)OC(N)=O.